The predicted molar refractivity (Wildman–Crippen MR) is 57.7 cm³/mol. The maximum absolute atomic E-state index is 12.9. The minimum Gasteiger partial charge on any atom is -0.375 e. The monoisotopic (exact) mass is 261 g/mol. The molecule has 0 atom stereocenters. The van der Waals surface area contributed by atoms with E-state index in [9.17, 15) is 4.39 Å². The topological polar surface area (TPSA) is 21.3 Å². The van der Waals surface area contributed by atoms with Crippen LogP contribution in [0.15, 0.2) is 22.7 Å². The third kappa shape index (κ3) is 4.17. The predicted octanol–water partition coefficient (Wildman–Crippen LogP) is 2.32. The molecular weight excluding hydrogens is 249 g/mol. The lowest BCUT2D eigenvalue weighted by molar-refractivity contribution is 0.124. The Morgan fingerprint density at radius 1 is 1.43 bits per heavy atom. The quantitative estimate of drug-likeness (QED) is 0.822. The van der Waals surface area contributed by atoms with Crippen molar-refractivity contribution in [2.75, 3.05) is 20.2 Å². The molecule has 0 saturated carbocycles. The van der Waals surface area contributed by atoms with Gasteiger partial charge >= 0.3 is 0 Å². The summed E-state index contributed by atoms with van der Waals surface area (Å²) >= 11 is 3.23. The van der Waals surface area contributed by atoms with Crippen molar-refractivity contribution in [3.05, 3.63) is 34.1 Å². The van der Waals surface area contributed by atoms with Gasteiger partial charge in [-0.2, -0.15) is 0 Å². The van der Waals surface area contributed by atoms with Gasteiger partial charge in [0.25, 0.3) is 0 Å². The Labute approximate surface area is 91.6 Å². The molecular formula is C10H13BrFNO. The number of hydrogen-bond acceptors (Lipinski definition) is 2. The zero-order chi connectivity index (χ0) is 10.4. The van der Waals surface area contributed by atoms with E-state index < -0.39 is 0 Å². The highest BCUT2D eigenvalue weighted by Gasteiger charge is 1.98. The lowest BCUT2D eigenvalue weighted by Crippen LogP contribution is -2.14. The third-order valence-electron chi connectivity index (χ3n) is 1.69. The molecule has 0 aliphatic carbocycles. The fourth-order valence-electron chi connectivity index (χ4n) is 1.06. The van der Waals surface area contributed by atoms with Crippen molar-refractivity contribution in [1.29, 1.82) is 0 Å². The summed E-state index contributed by atoms with van der Waals surface area (Å²) in [6, 6.07) is 4.75. The molecule has 0 heterocycles. The van der Waals surface area contributed by atoms with E-state index in [4.69, 9.17) is 4.74 Å². The van der Waals surface area contributed by atoms with Crippen LogP contribution in [-0.2, 0) is 11.3 Å². The van der Waals surface area contributed by atoms with Crippen molar-refractivity contribution in [1.82, 2.24) is 5.32 Å². The highest BCUT2D eigenvalue weighted by atomic mass is 79.9. The average Bonchev–Trinajstić information content (AvgIpc) is 2.11. The normalized spacial score (nSPS) is 10.5. The van der Waals surface area contributed by atoms with Gasteiger partial charge in [0.05, 0.1) is 13.2 Å². The number of likely N-dealkylation sites (N-methyl/N-ethyl adjacent to an activating group) is 1. The van der Waals surface area contributed by atoms with Gasteiger partial charge in [0.2, 0.25) is 0 Å². The molecule has 0 unspecified atom stereocenters. The van der Waals surface area contributed by atoms with Crippen LogP contribution in [0.5, 0.6) is 0 Å². The number of halogens is 2. The third-order valence-corrected chi connectivity index (χ3v) is 2.15. The maximum Gasteiger partial charge on any atom is 0.124 e. The van der Waals surface area contributed by atoms with Gasteiger partial charge in [0, 0.05) is 11.0 Å². The molecule has 0 saturated heterocycles. The van der Waals surface area contributed by atoms with Crippen molar-refractivity contribution >= 4 is 15.9 Å². The highest BCUT2D eigenvalue weighted by molar-refractivity contribution is 9.10. The summed E-state index contributed by atoms with van der Waals surface area (Å²) in [5.74, 6) is -0.244. The van der Waals surface area contributed by atoms with Crippen LogP contribution in [0.3, 0.4) is 0 Å². The first-order chi connectivity index (χ1) is 6.72. The highest BCUT2D eigenvalue weighted by Crippen LogP contribution is 2.15. The van der Waals surface area contributed by atoms with E-state index in [0.717, 1.165) is 16.6 Å². The molecule has 2 nitrogen and oxygen atoms in total. The fraction of sp³-hybridized carbons (Fsp3) is 0.400. The van der Waals surface area contributed by atoms with Gasteiger partial charge in [-0.1, -0.05) is 15.9 Å². The maximum atomic E-state index is 12.9. The minimum absolute atomic E-state index is 0.244. The molecule has 0 fully saturated rings. The average molecular weight is 262 g/mol. The van der Waals surface area contributed by atoms with Crippen LogP contribution >= 0.6 is 15.9 Å². The molecule has 1 N–H and O–H groups in total. The Bertz CT molecular complexity index is 273. The number of ether oxygens (including phenoxy) is 1. The molecule has 0 aliphatic heterocycles. The Morgan fingerprint density at radius 2 is 2.21 bits per heavy atom. The van der Waals surface area contributed by atoms with Crippen LogP contribution in [0.25, 0.3) is 0 Å². The van der Waals surface area contributed by atoms with E-state index in [1.807, 2.05) is 13.1 Å². The molecule has 4 heteroatoms. The van der Waals surface area contributed by atoms with Crippen molar-refractivity contribution in [2.24, 2.45) is 0 Å². The fourth-order valence-corrected chi connectivity index (χ4v) is 1.57. The molecule has 0 spiro atoms. The lowest BCUT2D eigenvalue weighted by Gasteiger charge is -2.04. The van der Waals surface area contributed by atoms with E-state index >= 15 is 0 Å². The second-order valence-corrected chi connectivity index (χ2v) is 3.85. The van der Waals surface area contributed by atoms with E-state index in [1.165, 1.54) is 12.1 Å². The Balaban J connectivity index is 2.42. The molecule has 1 aromatic rings. The van der Waals surface area contributed by atoms with Crippen LogP contribution in [0.4, 0.5) is 4.39 Å². The molecule has 0 aromatic heterocycles. The van der Waals surface area contributed by atoms with Gasteiger partial charge in [-0.25, -0.2) is 4.39 Å². The molecule has 1 rings (SSSR count). The second-order valence-electron chi connectivity index (χ2n) is 2.93. The largest absolute Gasteiger partial charge is 0.375 e. The Morgan fingerprint density at radius 3 is 2.86 bits per heavy atom. The number of nitrogens with one attached hydrogen (secondary N) is 1. The second kappa shape index (κ2) is 6.11. The molecule has 0 radical (unpaired) electrons. The molecule has 14 heavy (non-hydrogen) atoms. The summed E-state index contributed by atoms with van der Waals surface area (Å²) in [6.45, 7) is 1.87. The standard InChI is InChI=1S/C10H13BrFNO/c1-13-2-3-14-7-8-4-9(11)6-10(12)5-8/h4-6,13H,2-3,7H2,1H3. The summed E-state index contributed by atoms with van der Waals surface area (Å²) in [4.78, 5) is 0. The van der Waals surface area contributed by atoms with Crippen LogP contribution in [0, 0.1) is 5.82 Å². The van der Waals surface area contributed by atoms with E-state index in [-0.39, 0.29) is 5.82 Å². The van der Waals surface area contributed by atoms with Gasteiger partial charge in [0.15, 0.2) is 0 Å². The number of benzene rings is 1. The van der Waals surface area contributed by atoms with Gasteiger partial charge < -0.3 is 10.1 Å². The summed E-state index contributed by atoms with van der Waals surface area (Å²) in [7, 11) is 1.86. The van der Waals surface area contributed by atoms with Crippen LogP contribution in [0.2, 0.25) is 0 Å². The van der Waals surface area contributed by atoms with Crippen LogP contribution < -0.4 is 5.32 Å². The minimum atomic E-state index is -0.244. The number of hydrogen-bond donors (Lipinski definition) is 1. The summed E-state index contributed by atoms with van der Waals surface area (Å²) in [5.41, 5.74) is 0.841. The first-order valence-corrected chi connectivity index (χ1v) is 5.19. The molecule has 78 valence electrons. The van der Waals surface area contributed by atoms with Crippen molar-refractivity contribution in [2.45, 2.75) is 6.61 Å². The molecule has 0 aliphatic rings. The SMILES string of the molecule is CNCCOCc1cc(F)cc(Br)c1. The van der Waals surface area contributed by atoms with Crippen LogP contribution in [-0.4, -0.2) is 20.2 Å². The van der Waals surface area contributed by atoms with Crippen molar-refractivity contribution in [3.8, 4) is 0 Å². The van der Waals surface area contributed by atoms with Crippen molar-refractivity contribution in [3.63, 3.8) is 0 Å². The van der Waals surface area contributed by atoms with Gasteiger partial charge in [-0.3, -0.25) is 0 Å². The van der Waals surface area contributed by atoms with E-state index in [2.05, 4.69) is 21.2 Å². The van der Waals surface area contributed by atoms with E-state index in [0.29, 0.717) is 13.2 Å². The van der Waals surface area contributed by atoms with Crippen LogP contribution in [0.1, 0.15) is 5.56 Å². The lowest BCUT2D eigenvalue weighted by atomic mass is 10.2. The Kier molecular flexibility index (Phi) is 5.07. The van der Waals surface area contributed by atoms with Gasteiger partial charge in [-0.15, -0.1) is 0 Å². The molecule has 0 bridgehead atoms. The zero-order valence-corrected chi connectivity index (χ0v) is 9.60. The summed E-state index contributed by atoms with van der Waals surface area (Å²) in [6.07, 6.45) is 0. The Hall–Kier alpha value is -0.450. The first kappa shape index (κ1) is 11.6. The van der Waals surface area contributed by atoms with E-state index in [1.54, 1.807) is 0 Å². The van der Waals surface area contributed by atoms with Crippen molar-refractivity contribution < 1.29 is 9.13 Å². The first-order valence-electron chi connectivity index (χ1n) is 4.39. The summed E-state index contributed by atoms with van der Waals surface area (Å²) in [5, 5.41) is 2.97. The number of rotatable bonds is 5. The smallest absolute Gasteiger partial charge is 0.124 e. The molecule has 0 amide bonds. The summed E-state index contributed by atoms with van der Waals surface area (Å²) < 4.78 is 19.0. The zero-order valence-electron chi connectivity index (χ0n) is 8.02. The van der Waals surface area contributed by atoms with Gasteiger partial charge in [0.1, 0.15) is 5.82 Å². The molecule has 1 aromatic carbocycles. The van der Waals surface area contributed by atoms with Gasteiger partial charge in [-0.05, 0) is 30.8 Å².